The fourth-order valence-corrected chi connectivity index (χ4v) is 6.73. The number of hydrogen-bond donors (Lipinski definition) is 2. The molecule has 1 aromatic heterocycles. The number of rotatable bonds is 6. The minimum Gasteiger partial charge on any atom is -0.390 e. The summed E-state index contributed by atoms with van der Waals surface area (Å²) in [6, 6.07) is 9.24. The Morgan fingerprint density at radius 1 is 1.10 bits per heavy atom. The minimum absolute atomic E-state index is 0.0475. The second-order valence-electron chi connectivity index (χ2n) is 11.4. The van der Waals surface area contributed by atoms with Crippen LogP contribution in [-0.2, 0) is 16.1 Å². The molecule has 2 N–H and O–H groups in total. The summed E-state index contributed by atoms with van der Waals surface area (Å²) >= 11 is 0. The second-order valence-corrected chi connectivity index (χ2v) is 11.4. The first-order valence-electron chi connectivity index (χ1n) is 14.4. The Labute approximate surface area is 231 Å². The first kappa shape index (κ1) is 27.4. The van der Waals surface area contributed by atoms with Crippen molar-refractivity contribution in [3.05, 3.63) is 47.3 Å². The van der Waals surface area contributed by atoms with Crippen LogP contribution in [0.25, 0.3) is 5.69 Å². The minimum atomic E-state index is -0.932. The van der Waals surface area contributed by atoms with E-state index >= 15 is 0 Å². The van der Waals surface area contributed by atoms with Crippen LogP contribution in [0.4, 0.5) is 0 Å². The van der Waals surface area contributed by atoms with Gasteiger partial charge < -0.3 is 15.3 Å². The van der Waals surface area contributed by atoms with Gasteiger partial charge in [0.2, 0.25) is 11.8 Å². The Bertz CT molecular complexity index is 1250. The average molecular weight is 532 g/mol. The van der Waals surface area contributed by atoms with E-state index < -0.39 is 17.7 Å². The second kappa shape index (κ2) is 11.5. The molecule has 2 saturated heterocycles. The SMILES string of the molecule is CC#CCN1C(=O)[C@H]([C@@H](O)C2CCCCC2)NC(=O)C12CCN(Cc1c(C)nn(-c3ccccc3)c1C)CC2. The summed E-state index contributed by atoms with van der Waals surface area (Å²) in [5.41, 5.74) is 3.42. The zero-order valence-corrected chi connectivity index (χ0v) is 23.4. The molecule has 2 aromatic rings. The monoisotopic (exact) mass is 531 g/mol. The van der Waals surface area contributed by atoms with Gasteiger partial charge >= 0.3 is 0 Å². The number of hydrogen-bond acceptors (Lipinski definition) is 5. The molecular formula is C31H41N5O3. The van der Waals surface area contributed by atoms with Crippen LogP contribution >= 0.6 is 0 Å². The maximum Gasteiger partial charge on any atom is 0.249 e. The molecule has 8 heteroatoms. The molecule has 0 bridgehead atoms. The van der Waals surface area contributed by atoms with Crippen molar-refractivity contribution < 1.29 is 14.7 Å². The number of para-hydroxylation sites is 1. The highest BCUT2D eigenvalue weighted by Crippen LogP contribution is 2.36. The predicted molar refractivity (Wildman–Crippen MR) is 150 cm³/mol. The van der Waals surface area contributed by atoms with Crippen LogP contribution in [0.2, 0.25) is 0 Å². The van der Waals surface area contributed by atoms with Crippen LogP contribution in [0.5, 0.6) is 0 Å². The number of benzene rings is 1. The van der Waals surface area contributed by atoms with Crippen molar-refractivity contribution in [2.45, 2.75) is 89.9 Å². The molecule has 0 unspecified atom stereocenters. The first-order valence-corrected chi connectivity index (χ1v) is 14.4. The van der Waals surface area contributed by atoms with Crippen molar-refractivity contribution in [3.8, 4) is 17.5 Å². The molecular weight excluding hydrogens is 490 g/mol. The van der Waals surface area contributed by atoms with E-state index in [1.807, 2.05) is 29.8 Å². The van der Waals surface area contributed by atoms with Crippen LogP contribution in [0, 0.1) is 31.6 Å². The van der Waals surface area contributed by atoms with Gasteiger partial charge in [0, 0.05) is 30.9 Å². The number of nitrogens with one attached hydrogen (secondary N) is 1. The van der Waals surface area contributed by atoms with Crippen molar-refractivity contribution in [2.75, 3.05) is 19.6 Å². The lowest BCUT2D eigenvalue weighted by atomic mass is 9.78. The molecule has 3 heterocycles. The van der Waals surface area contributed by atoms with Gasteiger partial charge in [0.15, 0.2) is 0 Å². The Kier molecular flexibility index (Phi) is 8.11. The smallest absolute Gasteiger partial charge is 0.249 e. The zero-order valence-electron chi connectivity index (χ0n) is 23.4. The van der Waals surface area contributed by atoms with Gasteiger partial charge in [-0.1, -0.05) is 43.4 Å². The molecule has 1 aromatic carbocycles. The van der Waals surface area contributed by atoms with E-state index in [1.165, 1.54) is 5.56 Å². The predicted octanol–water partition coefficient (Wildman–Crippen LogP) is 3.12. The van der Waals surface area contributed by atoms with Gasteiger partial charge in [-0.05, 0) is 64.5 Å². The maximum atomic E-state index is 13.8. The van der Waals surface area contributed by atoms with Crippen LogP contribution < -0.4 is 5.32 Å². The third-order valence-corrected chi connectivity index (χ3v) is 9.15. The quantitative estimate of drug-likeness (QED) is 0.559. The number of nitrogens with zero attached hydrogens (tertiary/aromatic N) is 4. The summed E-state index contributed by atoms with van der Waals surface area (Å²) in [6.45, 7) is 8.21. The lowest BCUT2D eigenvalue weighted by molar-refractivity contribution is -0.164. The Morgan fingerprint density at radius 2 is 1.79 bits per heavy atom. The van der Waals surface area contributed by atoms with Crippen molar-refractivity contribution >= 4 is 11.8 Å². The van der Waals surface area contributed by atoms with E-state index in [0.717, 1.165) is 55.7 Å². The lowest BCUT2D eigenvalue weighted by Crippen LogP contribution is -2.75. The summed E-state index contributed by atoms with van der Waals surface area (Å²) in [6.07, 6.45) is 5.29. The van der Waals surface area contributed by atoms with Crippen LogP contribution in [0.15, 0.2) is 30.3 Å². The molecule has 2 atom stereocenters. The topological polar surface area (TPSA) is 90.7 Å². The molecule has 1 aliphatic carbocycles. The van der Waals surface area contributed by atoms with E-state index in [4.69, 9.17) is 5.10 Å². The molecule has 2 amide bonds. The largest absolute Gasteiger partial charge is 0.390 e. The van der Waals surface area contributed by atoms with Crippen molar-refractivity contribution in [2.24, 2.45) is 5.92 Å². The Balaban J connectivity index is 1.31. The van der Waals surface area contributed by atoms with Crippen LogP contribution in [0.3, 0.4) is 0 Å². The highest BCUT2D eigenvalue weighted by molar-refractivity contribution is 6.00. The molecule has 2 aliphatic heterocycles. The number of carbonyl (C=O) groups excluding carboxylic acids is 2. The van der Waals surface area contributed by atoms with Gasteiger partial charge in [0.25, 0.3) is 0 Å². The van der Waals surface area contributed by atoms with Crippen LogP contribution in [0.1, 0.15) is 68.8 Å². The first-order chi connectivity index (χ1) is 18.9. The molecule has 208 valence electrons. The average Bonchev–Trinajstić information content (AvgIpc) is 3.25. The van der Waals surface area contributed by atoms with E-state index in [0.29, 0.717) is 25.9 Å². The Hall–Kier alpha value is -3.15. The van der Waals surface area contributed by atoms with Gasteiger partial charge in [-0.2, -0.15) is 5.10 Å². The number of aryl methyl sites for hydroxylation is 1. The number of piperidine rings is 1. The Morgan fingerprint density at radius 3 is 2.46 bits per heavy atom. The highest BCUT2D eigenvalue weighted by Gasteiger charge is 2.55. The maximum absolute atomic E-state index is 13.8. The molecule has 3 aliphatic rings. The van der Waals surface area contributed by atoms with Gasteiger partial charge in [0.1, 0.15) is 11.6 Å². The van der Waals surface area contributed by atoms with Crippen LogP contribution in [-0.4, -0.2) is 73.8 Å². The van der Waals surface area contributed by atoms with Crippen molar-refractivity contribution in [1.82, 2.24) is 24.9 Å². The summed E-state index contributed by atoms with van der Waals surface area (Å²) < 4.78 is 1.99. The number of amides is 2. The molecule has 0 radical (unpaired) electrons. The zero-order chi connectivity index (χ0) is 27.6. The van der Waals surface area contributed by atoms with E-state index in [1.54, 1.807) is 11.8 Å². The number of aliphatic hydroxyl groups excluding tert-OH is 1. The third kappa shape index (κ3) is 5.22. The molecule has 3 fully saturated rings. The molecule has 1 spiro atoms. The fraction of sp³-hybridized carbons (Fsp3) is 0.581. The summed E-state index contributed by atoms with van der Waals surface area (Å²) in [5.74, 6) is 5.63. The molecule has 1 saturated carbocycles. The number of piperazine rings is 1. The fourth-order valence-electron chi connectivity index (χ4n) is 6.73. The number of likely N-dealkylation sites (tertiary alicyclic amines) is 1. The molecule has 5 rings (SSSR count). The summed E-state index contributed by atoms with van der Waals surface area (Å²) in [5, 5.41) is 18.9. The van der Waals surface area contributed by atoms with Gasteiger partial charge in [-0.25, -0.2) is 4.68 Å². The van der Waals surface area contributed by atoms with Crippen molar-refractivity contribution in [3.63, 3.8) is 0 Å². The van der Waals surface area contributed by atoms with Crippen molar-refractivity contribution in [1.29, 1.82) is 0 Å². The van der Waals surface area contributed by atoms with Gasteiger partial charge in [-0.3, -0.25) is 14.5 Å². The summed E-state index contributed by atoms with van der Waals surface area (Å²) in [4.78, 5) is 31.5. The highest BCUT2D eigenvalue weighted by atomic mass is 16.3. The van der Waals surface area contributed by atoms with E-state index in [-0.39, 0.29) is 24.3 Å². The third-order valence-electron chi connectivity index (χ3n) is 9.15. The number of carbonyl (C=O) groups is 2. The molecule has 8 nitrogen and oxygen atoms in total. The number of aliphatic hydroxyl groups is 1. The van der Waals surface area contributed by atoms with Gasteiger partial charge in [-0.15, -0.1) is 5.92 Å². The standard InChI is InChI=1S/C31H41N5O3/c1-4-5-18-35-29(38)27(28(37)24-12-8-6-9-13-24)32-30(39)31(35)16-19-34(20-17-31)21-26-22(2)33-36(23(26)3)25-14-10-7-11-15-25/h7,10-11,14-15,24,27-28,37H,6,8-9,12-13,16-21H2,1-3H3,(H,32,39)/t27-,28-/m0/s1. The van der Waals surface area contributed by atoms with E-state index in [2.05, 4.69) is 41.1 Å². The number of aromatic nitrogens is 2. The summed E-state index contributed by atoms with van der Waals surface area (Å²) in [7, 11) is 0. The van der Waals surface area contributed by atoms with E-state index in [9.17, 15) is 14.7 Å². The van der Waals surface area contributed by atoms with Gasteiger partial charge in [0.05, 0.1) is 24.0 Å². The normalized spacial score (nSPS) is 22.9. The molecule has 39 heavy (non-hydrogen) atoms. The lowest BCUT2D eigenvalue weighted by Gasteiger charge is -2.52.